The van der Waals surface area contributed by atoms with Crippen molar-refractivity contribution in [3.8, 4) is 0 Å². The maximum Gasteiger partial charge on any atom is 0.324 e. The molecule has 2 rings (SSSR count). The summed E-state index contributed by atoms with van der Waals surface area (Å²) in [5.41, 5.74) is 0. The molecule has 7 nitrogen and oxygen atoms in total. The van der Waals surface area contributed by atoms with Crippen LogP contribution in [-0.2, 0) is 15.3 Å². The third-order valence-electron chi connectivity index (χ3n) is 3.39. The van der Waals surface area contributed by atoms with Gasteiger partial charge in [0.25, 0.3) is 0 Å². The first-order valence-electron chi connectivity index (χ1n) is 6.70. The molecule has 3 unspecified atom stereocenters. The molecule has 0 aliphatic carbocycles. The van der Waals surface area contributed by atoms with Gasteiger partial charge in [0.2, 0.25) is 0 Å². The molecule has 0 saturated carbocycles. The van der Waals surface area contributed by atoms with Crippen LogP contribution in [0.3, 0.4) is 0 Å². The van der Waals surface area contributed by atoms with Gasteiger partial charge in [0.05, 0.1) is 12.7 Å². The van der Waals surface area contributed by atoms with E-state index in [4.69, 9.17) is 8.71 Å². The number of anilines is 1. The number of nitrogens with zero attached hydrogens (tertiary/aromatic N) is 3. The van der Waals surface area contributed by atoms with Crippen molar-refractivity contribution < 1.29 is 18.0 Å². The molecule has 2 heterocycles. The van der Waals surface area contributed by atoms with Crippen LogP contribution >= 0.6 is 0 Å². The number of piperidine rings is 1. The first kappa shape index (κ1) is 15.4. The Balaban J connectivity index is 1.92. The molecule has 1 aliphatic rings. The van der Waals surface area contributed by atoms with E-state index < -0.39 is 17.2 Å². The molecule has 0 aromatic carbocycles. The summed E-state index contributed by atoms with van der Waals surface area (Å²) < 4.78 is 21.2. The number of hydrogen-bond acceptors (Lipinski definition) is 7. The Morgan fingerprint density at radius 3 is 2.90 bits per heavy atom. The molecule has 1 aromatic heterocycles. The van der Waals surface area contributed by atoms with E-state index in [0.29, 0.717) is 31.5 Å². The second kappa shape index (κ2) is 6.64. The standard InChI is InChI=1S/C12H21N3O4S/c1-8(2)11-13-12(19-14-11)15-5-4-9(10(16)6-15)7-18-20(3)17/h8-10,16H,4-7H2,1-3H3. The van der Waals surface area contributed by atoms with Crippen LogP contribution in [0.2, 0.25) is 0 Å². The number of aromatic nitrogens is 2. The van der Waals surface area contributed by atoms with Crippen LogP contribution in [0.4, 0.5) is 6.01 Å². The fourth-order valence-corrected chi connectivity index (χ4v) is 2.49. The third kappa shape index (κ3) is 3.77. The molecular formula is C12H21N3O4S. The highest BCUT2D eigenvalue weighted by Crippen LogP contribution is 2.24. The lowest BCUT2D eigenvalue weighted by Gasteiger charge is -2.34. The van der Waals surface area contributed by atoms with Gasteiger partial charge in [-0.1, -0.05) is 19.0 Å². The minimum atomic E-state index is -1.29. The van der Waals surface area contributed by atoms with E-state index in [2.05, 4.69) is 10.1 Å². The summed E-state index contributed by atoms with van der Waals surface area (Å²) >= 11 is -1.29. The van der Waals surface area contributed by atoms with Crippen LogP contribution in [0.25, 0.3) is 0 Å². The summed E-state index contributed by atoms with van der Waals surface area (Å²) in [7, 11) is 0. The van der Waals surface area contributed by atoms with Gasteiger partial charge in [-0.15, -0.1) is 0 Å². The van der Waals surface area contributed by atoms with Crippen molar-refractivity contribution in [2.24, 2.45) is 5.92 Å². The predicted octanol–water partition coefficient (Wildman–Crippen LogP) is 0.690. The van der Waals surface area contributed by atoms with Crippen molar-refractivity contribution in [2.45, 2.75) is 32.3 Å². The molecule has 0 radical (unpaired) electrons. The first-order valence-corrected chi connectivity index (χ1v) is 8.19. The van der Waals surface area contributed by atoms with E-state index in [1.165, 1.54) is 6.26 Å². The molecule has 1 aliphatic heterocycles. The lowest BCUT2D eigenvalue weighted by molar-refractivity contribution is 0.0638. The molecule has 8 heteroatoms. The fraction of sp³-hybridized carbons (Fsp3) is 0.833. The SMILES string of the molecule is CC(C)c1noc(N2CCC(COS(C)=O)C(O)C2)n1. The molecular weight excluding hydrogens is 282 g/mol. The Kier molecular flexibility index (Phi) is 5.11. The summed E-state index contributed by atoms with van der Waals surface area (Å²) in [6, 6.07) is 0.450. The zero-order valence-electron chi connectivity index (χ0n) is 12.0. The Morgan fingerprint density at radius 1 is 1.60 bits per heavy atom. The van der Waals surface area contributed by atoms with Gasteiger partial charge in [0, 0.05) is 31.2 Å². The topological polar surface area (TPSA) is 88.7 Å². The summed E-state index contributed by atoms with van der Waals surface area (Å²) in [5.74, 6) is 0.867. The number of β-amino-alcohol motifs (C(OH)–C–C–N with tert-alkyl or cyclic N) is 1. The monoisotopic (exact) mass is 303 g/mol. The van der Waals surface area contributed by atoms with Gasteiger partial charge < -0.3 is 14.5 Å². The van der Waals surface area contributed by atoms with Crippen molar-refractivity contribution in [1.82, 2.24) is 10.1 Å². The minimum absolute atomic E-state index is 0.0114. The van der Waals surface area contributed by atoms with Gasteiger partial charge in [0.15, 0.2) is 16.9 Å². The molecule has 0 spiro atoms. The highest BCUT2D eigenvalue weighted by atomic mass is 32.2. The normalized spacial score (nSPS) is 25.1. The molecule has 1 fully saturated rings. The average Bonchev–Trinajstić information content (AvgIpc) is 2.86. The Labute approximate surface area is 121 Å². The average molecular weight is 303 g/mol. The molecule has 0 amide bonds. The van der Waals surface area contributed by atoms with Crippen molar-refractivity contribution >= 4 is 17.1 Å². The van der Waals surface area contributed by atoms with Crippen molar-refractivity contribution in [2.75, 3.05) is 30.9 Å². The van der Waals surface area contributed by atoms with Gasteiger partial charge in [-0.25, -0.2) is 4.21 Å². The maximum atomic E-state index is 10.9. The van der Waals surface area contributed by atoms with Crippen LogP contribution in [0.15, 0.2) is 4.52 Å². The molecule has 1 N–H and O–H groups in total. The van der Waals surface area contributed by atoms with Gasteiger partial charge in [-0.05, 0) is 6.42 Å². The van der Waals surface area contributed by atoms with E-state index in [1.54, 1.807) is 0 Å². The molecule has 1 aromatic rings. The lowest BCUT2D eigenvalue weighted by Crippen LogP contribution is -2.45. The van der Waals surface area contributed by atoms with Gasteiger partial charge >= 0.3 is 6.01 Å². The number of hydrogen-bond donors (Lipinski definition) is 1. The maximum absolute atomic E-state index is 10.9. The van der Waals surface area contributed by atoms with Gasteiger partial charge in [-0.3, -0.25) is 4.18 Å². The molecule has 1 saturated heterocycles. The fourth-order valence-electron chi connectivity index (χ4n) is 2.12. The Morgan fingerprint density at radius 2 is 2.35 bits per heavy atom. The van der Waals surface area contributed by atoms with E-state index in [1.807, 2.05) is 18.7 Å². The highest BCUT2D eigenvalue weighted by molar-refractivity contribution is 7.79. The summed E-state index contributed by atoms with van der Waals surface area (Å²) in [6.45, 7) is 5.43. The van der Waals surface area contributed by atoms with Crippen LogP contribution in [0.5, 0.6) is 0 Å². The summed E-state index contributed by atoms with van der Waals surface area (Å²) in [6.07, 6.45) is 1.66. The third-order valence-corrected chi connectivity index (χ3v) is 3.86. The van der Waals surface area contributed by atoms with Gasteiger partial charge in [-0.2, -0.15) is 4.98 Å². The first-order chi connectivity index (χ1) is 9.47. The summed E-state index contributed by atoms with van der Waals surface area (Å²) in [5, 5.41) is 14.0. The molecule has 20 heavy (non-hydrogen) atoms. The number of aliphatic hydroxyl groups excluding tert-OH is 1. The highest BCUT2D eigenvalue weighted by Gasteiger charge is 2.30. The van der Waals surface area contributed by atoms with Crippen LogP contribution in [-0.4, -0.2) is 51.5 Å². The zero-order valence-corrected chi connectivity index (χ0v) is 12.8. The van der Waals surface area contributed by atoms with Gasteiger partial charge in [0.1, 0.15) is 0 Å². The Hall–Kier alpha value is -0.990. The molecule has 114 valence electrons. The number of rotatable bonds is 5. The van der Waals surface area contributed by atoms with Crippen LogP contribution in [0, 0.1) is 5.92 Å². The summed E-state index contributed by atoms with van der Waals surface area (Å²) in [4.78, 5) is 6.20. The van der Waals surface area contributed by atoms with Crippen molar-refractivity contribution in [3.05, 3.63) is 5.82 Å². The van der Waals surface area contributed by atoms with E-state index in [0.717, 1.165) is 6.42 Å². The van der Waals surface area contributed by atoms with E-state index in [9.17, 15) is 9.32 Å². The van der Waals surface area contributed by atoms with Crippen LogP contribution in [0.1, 0.15) is 32.0 Å². The minimum Gasteiger partial charge on any atom is -0.391 e. The van der Waals surface area contributed by atoms with E-state index >= 15 is 0 Å². The second-order valence-corrected chi connectivity index (χ2v) is 6.38. The zero-order chi connectivity index (χ0) is 14.7. The predicted molar refractivity (Wildman–Crippen MR) is 74.7 cm³/mol. The van der Waals surface area contributed by atoms with Crippen LogP contribution < -0.4 is 4.90 Å². The largest absolute Gasteiger partial charge is 0.391 e. The smallest absolute Gasteiger partial charge is 0.324 e. The van der Waals surface area contributed by atoms with Crippen molar-refractivity contribution in [3.63, 3.8) is 0 Å². The lowest BCUT2D eigenvalue weighted by atomic mass is 9.95. The quantitative estimate of drug-likeness (QED) is 0.856. The Bertz CT molecular complexity index is 465. The second-order valence-electron chi connectivity index (χ2n) is 5.34. The molecule has 3 atom stereocenters. The van der Waals surface area contributed by atoms with Crippen molar-refractivity contribution in [1.29, 1.82) is 0 Å². The van der Waals surface area contributed by atoms with E-state index in [-0.39, 0.29) is 11.8 Å². The molecule has 0 bridgehead atoms. The number of aliphatic hydroxyl groups is 1.